The van der Waals surface area contributed by atoms with Crippen molar-refractivity contribution in [3.63, 3.8) is 0 Å². The molecule has 0 N–H and O–H groups in total. The zero-order chi connectivity index (χ0) is 11.3. The zero-order valence-corrected chi connectivity index (χ0v) is 8.82. The first-order valence-electron chi connectivity index (χ1n) is 4.07. The SMILES string of the molecule is CSc1ccc(/C=C(\C#N)[N+](=O)[O-])cc1. The Morgan fingerprint density at radius 1 is 1.53 bits per heavy atom. The number of benzene rings is 1. The van der Waals surface area contributed by atoms with Crippen LogP contribution >= 0.6 is 11.8 Å². The number of allylic oxidation sites excluding steroid dienone is 1. The van der Waals surface area contributed by atoms with Crippen LogP contribution in [0.5, 0.6) is 0 Å². The number of nitrogens with zero attached hydrogens (tertiary/aromatic N) is 2. The van der Waals surface area contributed by atoms with Gasteiger partial charge in [0.25, 0.3) is 0 Å². The van der Waals surface area contributed by atoms with Gasteiger partial charge in [0.05, 0.1) is 4.92 Å². The maximum absolute atomic E-state index is 10.4. The first kappa shape index (κ1) is 11.3. The van der Waals surface area contributed by atoms with Gasteiger partial charge in [-0.25, -0.2) is 0 Å². The Balaban J connectivity index is 2.98. The van der Waals surface area contributed by atoms with Gasteiger partial charge in [0, 0.05) is 11.0 Å². The van der Waals surface area contributed by atoms with Crippen LogP contribution in [0, 0.1) is 21.4 Å². The second kappa shape index (κ2) is 5.17. The highest BCUT2D eigenvalue weighted by molar-refractivity contribution is 7.98. The summed E-state index contributed by atoms with van der Waals surface area (Å²) in [5, 5.41) is 18.9. The topological polar surface area (TPSA) is 66.9 Å². The Kier molecular flexibility index (Phi) is 3.89. The average Bonchev–Trinajstić information content (AvgIpc) is 2.26. The summed E-state index contributed by atoms with van der Waals surface area (Å²) in [5.74, 6) is 0. The van der Waals surface area contributed by atoms with Gasteiger partial charge in [-0.05, 0) is 24.0 Å². The van der Waals surface area contributed by atoms with Crippen molar-refractivity contribution in [1.82, 2.24) is 0 Å². The fourth-order valence-corrected chi connectivity index (χ4v) is 1.39. The molecule has 15 heavy (non-hydrogen) atoms. The fraction of sp³-hybridized carbons (Fsp3) is 0.100. The van der Waals surface area contributed by atoms with Crippen LogP contribution in [-0.2, 0) is 0 Å². The quantitative estimate of drug-likeness (QED) is 0.340. The molecule has 1 rings (SSSR count). The third-order valence-electron chi connectivity index (χ3n) is 1.73. The van der Waals surface area contributed by atoms with Crippen molar-refractivity contribution in [2.24, 2.45) is 0 Å². The lowest BCUT2D eigenvalue weighted by atomic mass is 10.2. The van der Waals surface area contributed by atoms with Crippen molar-refractivity contribution in [3.05, 3.63) is 45.6 Å². The lowest BCUT2D eigenvalue weighted by molar-refractivity contribution is -0.415. The van der Waals surface area contributed by atoms with Gasteiger partial charge in [-0.3, -0.25) is 10.1 Å². The molecule has 1 aromatic rings. The van der Waals surface area contributed by atoms with E-state index in [4.69, 9.17) is 5.26 Å². The molecule has 0 unspecified atom stereocenters. The third kappa shape index (κ3) is 3.11. The molecule has 0 heterocycles. The van der Waals surface area contributed by atoms with E-state index in [2.05, 4.69) is 0 Å². The third-order valence-corrected chi connectivity index (χ3v) is 2.47. The Morgan fingerprint density at radius 3 is 2.53 bits per heavy atom. The van der Waals surface area contributed by atoms with E-state index in [0.29, 0.717) is 5.56 Å². The molecule has 0 fully saturated rings. The summed E-state index contributed by atoms with van der Waals surface area (Å²) >= 11 is 1.59. The minimum absolute atomic E-state index is 0.452. The minimum atomic E-state index is -0.692. The van der Waals surface area contributed by atoms with Gasteiger partial charge in [0.15, 0.2) is 6.07 Å². The number of hydrogen-bond acceptors (Lipinski definition) is 4. The van der Waals surface area contributed by atoms with Crippen LogP contribution in [0.3, 0.4) is 0 Å². The van der Waals surface area contributed by atoms with Crippen molar-refractivity contribution in [1.29, 1.82) is 5.26 Å². The summed E-state index contributed by atoms with van der Waals surface area (Å²) in [4.78, 5) is 10.8. The highest BCUT2D eigenvalue weighted by atomic mass is 32.2. The molecule has 0 saturated heterocycles. The smallest absolute Gasteiger partial charge is 0.258 e. The average molecular weight is 220 g/mol. The second-order valence-corrected chi connectivity index (χ2v) is 3.55. The lowest BCUT2D eigenvalue weighted by Gasteiger charge is -1.96. The summed E-state index contributed by atoms with van der Waals surface area (Å²) in [6.07, 6.45) is 3.20. The van der Waals surface area contributed by atoms with Crippen molar-refractivity contribution < 1.29 is 4.92 Å². The van der Waals surface area contributed by atoms with E-state index in [9.17, 15) is 10.1 Å². The van der Waals surface area contributed by atoms with E-state index in [1.807, 2.05) is 18.4 Å². The van der Waals surface area contributed by atoms with Crippen LogP contribution < -0.4 is 0 Å². The standard InChI is InChI=1S/C10H8N2O2S/c1-15-10-4-2-8(3-5-10)6-9(7-11)12(13)14/h2-6H,1H3/b9-6+. The van der Waals surface area contributed by atoms with Crippen LogP contribution in [-0.4, -0.2) is 11.2 Å². The molecule has 0 radical (unpaired) electrons. The molecule has 0 aliphatic rings. The summed E-state index contributed by atoms with van der Waals surface area (Å²) in [6, 6.07) is 8.73. The maximum atomic E-state index is 10.4. The van der Waals surface area contributed by atoms with Gasteiger partial charge in [0.1, 0.15) is 0 Å². The number of thioether (sulfide) groups is 1. The molecule has 1 aromatic carbocycles. The first-order chi connectivity index (χ1) is 7.17. The van der Waals surface area contributed by atoms with Gasteiger partial charge in [0.2, 0.25) is 0 Å². The molecule has 76 valence electrons. The molecule has 4 nitrogen and oxygen atoms in total. The summed E-state index contributed by atoms with van der Waals surface area (Å²) < 4.78 is 0. The first-order valence-corrected chi connectivity index (χ1v) is 5.30. The van der Waals surface area contributed by atoms with Crippen LogP contribution in [0.15, 0.2) is 34.9 Å². The molecular formula is C10H8N2O2S. The molecule has 0 amide bonds. The van der Waals surface area contributed by atoms with Crippen molar-refractivity contribution in [2.75, 3.05) is 6.26 Å². The van der Waals surface area contributed by atoms with Crippen LogP contribution in [0.2, 0.25) is 0 Å². The second-order valence-electron chi connectivity index (χ2n) is 2.67. The highest BCUT2D eigenvalue weighted by Gasteiger charge is 2.07. The number of hydrogen-bond donors (Lipinski definition) is 0. The normalized spacial score (nSPS) is 10.8. The van der Waals surface area contributed by atoms with Gasteiger partial charge < -0.3 is 0 Å². The van der Waals surface area contributed by atoms with Crippen molar-refractivity contribution in [2.45, 2.75) is 4.90 Å². The molecular weight excluding hydrogens is 212 g/mol. The van der Waals surface area contributed by atoms with Gasteiger partial charge in [-0.1, -0.05) is 12.1 Å². The molecule has 0 aromatic heterocycles. The Bertz CT molecular complexity index is 432. The molecule has 0 atom stereocenters. The Labute approximate surface area is 91.4 Å². The summed E-state index contributed by atoms with van der Waals surface area (Å²) in [7, 11) is 0. The zero-order valence-electron chi connectivity index (χ0n) is 8.01. The highest BCUT2D eigenvalue weighted by Crippen LogP contribution is 2.16. The van der Waals surface area contributed by atoms with E-state index in [1.54, 1.807) is 23.9 Å². The lowest BCUT2D eigenvalue weighted by Crippen LogP contribution is -1.94. The molecule has 0 bridgehead atoms. The van der Waals surface area contributed by atoms with Gasteiger partial charge in [-0.2, -0.15) is 5.26 Å². The van der Waals surface area contributed by atoms with Crippen LogP contribution in [0.1, 0.15) is 5.56 Å². The van der Waals surface area contributed by atoms with E-state index in [-0.39, 0.29) is 0 Å². The van der Waals surface area contributed by atoms with E-state index in [0.717, 1.165) is 4.90 Å². The predicted octanol–water partition coefficient (Wildman–Crippen LogP) is 2.55. The predicted molar refractivity (Wildman–Crippen MR) is 58.8 cm³/mol. The molecule has 5 heteroatoms. The molecule has 0 aliphatic carbocycles. The fourth-order valence-electron chi connectivity index (χ4n) is 0.984. The monoisotopic (exact) mass is 220 g/mol. The van der Waals surface area contributed by atoms with Gasteiger partial charge in [-0.15, -0.1) is 11.8 Å². The van der Waals surface area contributed by atoms with Crippen LogP contribution in [0.4, 0.5) is 0 Å². The number of nitro groups is 1. The maximum Gasteiger partial charge on any atom is 0.346 e. The Hall–Kier alpha value is -1.80. The van der Waals surface area contributed by atoms with E-state index in [1.165, 1.54) is 12.1 Å². The van der Waals surface area contributed by atoms with Crippen molar-refractivity contribution in [3.8, 4) is 6.07 Å². The summed E-state index contributed by atoms with van der Waals surface area (Å²) in [6.45, 7) is 0. The Morgan fingerprint density at radius 2 is 2.13 bits per heavy atom. The summed E-state index contributed by atoms with van der Waals surface area (Å²) in [5.41, 5.74) is 0.202. The minimum Gasteiger partial charge on any atom is -0.258 e. The van der Waals surface area contributed by atoms with E-state index >= 15 is 0 Å². The largest absolute Gasteiger partial charge is 0.346 e. The molecule has 0 aliphatic heterocycles. The van der Waals surface area contributed by atoms with Crippen LogP contribution in [0.25, 0.3) is 6.08 Å². The number of rotatable bonds is 3. The van der Waals surface area contributed by atoms with Crippen molar-refractivity contribution >= 4 is 17.8 Å². The number of nitriles is 1. The molecule has 0 spiro atoms. The van der Waals surface area contributed by atoms with Gasteiger partial charge >= 0.3 is 5.70 Å². The molecule has 0 saturated carbocycles. The van der Waals surface area contributed by atoms with E-state index < -0.39 is 10.6 Å².